The molecule has 33 heavy (non-hydrogen) atoms. The molecule has 0 aliphatic rings. The van der Waals surface area contributed by atoms with Gasteiger partial charge in [-0.1, -0.05) is 78.9 Å². The van der Waals surface area contributed by atoms with Crippen molar-refractivity contribution in [2.45, 2.75) is 0 Å². The molecule has 0 saturated carbocycles. The number of pyridine rings is 1. The van der Waals surface area contributed by atoms with Crippen LogP contribution < -0.4 is 0 Å². The number of hydrogen-bond acceptors (Lipinski definition) is 2. The number of furan rings is 1. The largest absolute Gasteiger partial charge is 0.454 e. The first kappa shape index (κ1) is 18.2. The average Bonchev–Trinajstić information content (AvgIpc) is 3.24. The molecule has 2 nitrogen and oxygen atoms in total. The van der Waals surface area contributed by atoms with E-state index in [1.807, 2.05) is 18.2 Å². The Bertz CT molecular complexity index is 1810. The molecule has 0 amide bonds. The van der Waals surface area contributed by atoms with Crippen LogP contribution in [0.5, 0.6) is 0 Å². The van der Waals surface area contributed by atoms with Gasteiger partial charge in [-0.25, -0.2) is 4.98 Å². The summed E-state index contributed by atoms with van der Waals surface area (Å²) in [6.45, 7) is 0. The van der Waals surface area contributed by atoms with Crippen molar-refractivity contribution in [3.63, 3.8) is 0 Å². The van der Waals surface area contributed by atoms with Crippen LogP contribution in [-0.4, -0.2) is 4.98 Å². The van der Waals surface area contributed by atoms with Gasteiger partial charge in [-0.2, -0.15) is 0 Å². The van der Waals surface area contributed by atoms with Gasteiger partial charge in [-0.05, 0) is 69.4 Å². The number of fused-ring (bicyclic) bond motifs is 5. The van der Waals surface area contributed by atoms with Gasteiger partial charge >= 0.3 is 0 Å². The van der Waals surface area contributed by atoms with Crippen LogP contribution in [0.25, 0.3) is 66.0 Å². The summed E-state index contributed by atoms with van der Waals surface area (Å²) >= 11 is 0. The van der Waals surface area contributed by atoms with E-state index < -0.39 is 0 Å². The maximum absolute atomic E-state index is 6.04. The lowest BCUT2D eigenvalue weighted by Gasteiger charge is -2.07. The van der Waals surface area contributed by atoms with Gasteiger partial charge in [-0.15, -0.1) is 0 Å². The number of para-hydroxylation sites is 1. The van der Waals surface area contributed by atoms with Gasteiger partial charge in [0.1, 0.15) is 11.1 Å². The predicted octanol–water partition coefficient (Wildman–Crippen LogP) is 8.62. The Kier molecular flexibility index (Phi) is 3.88. The molecule has 2 heterocycles. The van der Waals surface area contributed by atoms with Crippen LogP contribution in [-0.2, 0) is 0 Å². The standard InChI is InChI=1S/C31H19NO/c1-2-6-23-17-24(14-13-20(23)5-1)21-9-11-22(12-10-21)25-15-16-28-26(18-25)19-30-31(32-28)27-7-3-4-8-29(27)33-30/h1-19H. The molecule has 2 heteroatoms. The molecule has 0 atom stereocenters. The topological polar surface area (TPSA) is 26.0 Å². The first-order valence-corrected chi connectivity index (χ1v) is 11.1. The number of aromatic nitrogens is 1. The zero-order chi connectivity index (χ0) is 21.8. The lowest BCUT2D eigenvalue weighted by atomic mass is 9.98. The van der Waals surface area contributed by atoms with Gasteiger partial charge < -0.3 is 4.42 Å². The SMILES string of the molecule is c1ccc2cc(-c3ccc(-c4ccc5nc6c(cc5c4)oc4ccccc46)cc3)ccc2c1. The normalized spacial score (nSPS) is 11.6. The summed E-state index contributed by atoms with van der Waals surface area (Å²) in [5.74, 6) is 0. The smallest absolute Gasteiger partial charge is 0.154 e. The summed E-state index contributed by atoms with van der Waals surface area (Å²) in [5.41, 5.74) is 8.41. The third-order valence-corrected chi connectivity index (χ3v) is 6.44. The van der Waals surface area contributed by atoms with Crippen molar-refractivity contribution in [3.05, 3.63) is 115 Å². The highest BCUT2D eigenvalue weighted by Gasteiger charge is 2.10. The molecule has 0 bridgehead atoms. The lowest BCUT2D eigenvalue weighted by Crippen LogP contribution is -1.84. The first-order chi connectivity index (χ1) is 16.3. The molecule has 0 aliphatic carbocycles. The zero-order valence-corrected chi connectivity index (χ0v) is 17.8. The van der Waals surface area contributed by atoms with Crippen molar-refractivity contribution in [3.8, 4) is 22.3 Å². The zero-order valence-electron chi connectivity index (χ0n) is 17.8. The third kappa shape index (κ3) is 3.00. The lowest BCUT2D eigenvalue weighted by molar-refractivity contribution is 0.669. The molecule has 0 N–H and O–H groups in total. The molecule has 2 aromatic heterocycles. The summed E-state index contributed by atoms with van der Waals surface area (Å²) in [5, 5.41) is 4.67. The second kappa shape index (κ2) is 7.04. The van der Waals surface area contributed by atoms with Crippen molar-refractivity contribution < 1.29 is 4.42 Å². The Morgan fingerprint density at radius 1 is 0.455 bits per heavy atom. The van der Waals surface area contributed by atoms with Gasteiger partial charge in [0.05, 0.1) is 5.52 Å². The fourth-order valence-electron chi connectivity index (χ4n) is 4.70. The van der Waals surface area contributed by atoms with E-state index in [1.165, 1.54) is 33.0 Å². The summed E-state index contributed by atoms with van der Waals surface area (Å²) in [7, 11) is 0. The highest BCUT2D eigenvalue weighted by Crippen LogP contribution is 2.32. The predicted molar refractivity (Wildman–Crippen MR) is 137 cm³/mol. The van der Waals surface area contributed by atoms with E-state index in [2.05, 4.69) is 97.1 Å². The average molecular weight is 421 g/mol. The monoisotopic (exact) mass is 421 g/mol. The maximum atomic E-state index is 6.04. The van der Waals surface area contributed by atoms with E-state index in [0.29, 0.717) is 0 Å². The fraction of sp³-hybridized carbons (Fsp3) is 0. The van der Waals surface area contributed by atoms with Gasteiger partial charge in [0, 0.05) is 10.8 Å². The second-order valence-corrected chi connectivity index (χ2v) is 8.48. The minimum atomic E-state index is 0.826. The van der Waals surface area contributed by atoms with E-state index >= 15 is 0 Å². The highest BCUT2D eigenvalue weighted by molar-refractivity contribution is 6.06. The summed E-state index contributed by atoms with van der Waals surface area (Å²) < 4.78 is 6.04. The van der Waals surface area contributed by atoms with Crippen LogP contribution >= 0.6 is 0 Å². The summed E-state index contributed by atoms with van der Waals surface area (Å²) in [6, 6.07) is 40.5. The Labute approximate surface area is 190 Å². The third-order valence-electron chi connectivity index (χ3n) is 6.44. The summed E-state index contributed by atoms with van der Waals surface area (Å²) in [6.07, 6.45) is 0. The summed E-state index contributed by atoms with van der Waals surface area (Å²) in [4.78, 5) is 4.89. The Hall–Kier alpha value is -4.43. The quantitative estimate of drug-likeness (QED) is 0.279. The van der Waals surface area contributed by atoms with E-state index in [1.54, 1.807) is 0 Å². The molecule has 0 unspecified atom stereocenters. The van der Waals surface area contributed by atoms with E-state index in [9.17, 15) is 0 Å². The molecular formula is C31H19NO. The molecule has 0 radical (unpaired) electrons. The molecule has 0 saturated heterocycles. The van der Waals surface area contributed by atoms with Crippen LogP contribution in [0.2, 0.25) is 0 Å². The number of hydrogen-bond donors (Lipinski definition) is 0. The molecule has 154 valence electrons. The van der Waals surface area contributed by atoms with Crippen molar-refractivity contribution in [2.24, 2.45) is 0 Å². The molecule has 0 fully saturated rings. The van der Waals surface area contributed by atoms with E-state index in [0.717, 1.165) is 33.0 Å². The van der Waals surface area contributed by atoms with Gasteiger partial charge in [0.25, 0.3) is 0 Å². The van der Waals surface area contributed by atoms with Gasteiger partial charge in [-0.3, -0.25) is 0 Å². The fourth-order valence-corrected chi connectivity index (χ4v) is 4.70. The van der Waals surface area contributed by atoms with Crippen molar-refractivity contribution in [2.75, 3.05) is 0 Å². The Morgan fingerprint density at radius 2 is 1.09 bits per heavy atom. The molecular weight excluding hydrogens is 402 g/mol. The van der Waals surface area contributed by atoms with Crippen molar-refractivity contribution in [1.29, 1.82) is 0 Å². The second-order valence-electron chi connectivity index (χ2n) is 8.48. The van der Waals surface area contributed by atoms with Crippen molar-refractivity contribution in [1.82, 2.24) is 4.98 Å². The van der Waals surface area contributed by atoms with Gasteiger partial charge in [0.15, 0.2) is 5.58 Å². The number of benzene rings is 5. The molecule has 0 spiro atoms. The first-order valence-electron chi connectivity index (χ1n) is 11.1. The van der Waals surface area contributed by atoms with Crippen LogP contribution in [0.4, 0.5) is 0 Å². The minimum Gasteiger partial charge on any atom is -0.454 e. The molecule has 7 aromatic rings. The van der Waals surface area contributed by atoms with Gasteiger partial charge in [0.2, 0.25) is 0 Å². The molecule has 7 rings (SSSR count). The van der Waals surface area contributed by atoms with Crippen LogP contribution in [0.3, 0.4) is 0 Å². The Morgan fingerprint density at radius 3 is 1.91 bits per heavy atom. The molecule has 0 aliphatic heterocycles. The van der Waals surface area contributed by atoms with Crippen LogP contribution in [0.1, 0.15) is 0 Å². The number of nitrogens with zero attached hydrogens (tertiary/aromatic N) is 1. The number of rotatable bonds is 2. The molecule has 5 aromatic carbocycles. The van der Waals surface area contributed by atoms with Crippen molar-refractivity contribution >= 4 is 43.7 Å². The van der Waals surface area contributed by atoms with Crippen LogP contribution in [0.15, 0.2) is 120 Å². The highest BCUT2D eigenvalue weighted by atomic mass is 16.3. The van der Waals surface area contributed by atoms with Crippen LogP contribution in [0, 0.1) is 0 Å². The van der Waals surface area contributed by atoms with E-state index in [4.69, 9.17) is 9.40 Å². The van der Waals surface area contributed by atoms with E-state index in [-0.39, 0.29) is 0 Å². The maximum Gasteiger partial charge on any atom is 0.154 e. The Balaban J connectivity index is 1.28. The minimum absolute atomic E-state index is 0.826.